The Hall–Kier alpha value is -4.10. The lowest BCUT2D eigenvalue weighted by Crippen LogP contribution is -2.11. The van der Waals surface area contributed by atoms with Gasteiger partial charge in [-0.05, 0) is 18.2 Å². The van der Waals surface area contributed by atoms with Gasteiger partial charge in [0.25, 0.3) is 0 Å². The molecule has 0 spiro atoms. The van der Waals surface area contributed by atoms with Crippen LogP contribution in [-0.4, -0.2) is 34.9 Å². The third-order valence-electron chi connectivity index (χ3n) is 4.26. The van der Waals surface area contributed by atoms with Crippen LogP contribution in [0.3, 0.4) is 0 Å². The van der Waals surface area contributed by atoms with Gasteiger partial charge >= 0.3 is 12.4 Å². The van der Waals surface area contributed by atoms with Crippen molar-refractivity contribution >= 4 is 11.8 Å². The van der Waals surface area contributed by atoms with Crippen LogP contribution < -0.4 is 0 Å². The Bertz CT molecular complexity index is 1280. The highest BCUT2D eigenvalue weighted by molar-refractivity contribution is 5.83. The second kappa shape index (κ2) is 8.11. The third kappa shape index (κ3) is 4.88. The molecule has 0 unspecified atom stereocenters. The Labute approximate surface area is 180 Å². The lowest BCUT2D eigenvalue weighted by Gasteiger charge is -2.13. The van der Waals surface area contributed by atoms with Gasteiger partial charge in [-0.15, -0.1) is 5.10 Å². The summed E-state index contributed by atoms with van der Waals surface area (Å²) in [5.41, 5.74) is -2.62. The van der Waals surface area contributed by atoms with Crippen LogP contribution in [0.1, 0.15) is 28.4 Å². The van der Waals surface area contributed by atoms with Gasteiger partial charge in [0.05, 0.1) is 16.7 Å². The van der Waals surface area contributed by atoms with E-state index >= 15 is 0 Å². The number of aryl methyl sites for hydroxylation is 1. The van der Waals surface area contributed by atoms with Crippen molar-refractivity contribution in [3.05, 3.63) is 71.7 Å². The third-order valence-corrected chi connectivity index (χ3v) is 4.26. The first-order valence-corrected chi connectivity index (χ1v) is 8.99. The van der Waals surface area contributed by atoms with Crippen molar-refractivity contribution in [1.82, 2.24) is 34.9 Å². The van der Waals surface area contributed by atoms with Gasteiger partial charge in [-0.3, -0.25) is 0 Å². The lowest BCUT2D eigenvalue weighted by atomic mass is 10.0. The second-order valence-electron chi connectivity index (χ2n) is 6.65. The SMILES string of the molecule is Cc1nc(/C(=C/n2cnc(-c3cc(C(F)(F)F)cc(C(F)(F)F)c3)n2)c2cncnc2)no1. The molecule has 0 aliphatic heterocycles. The molecule has 0 amide bonds. The topological polar surface area (TPSA) is 95.4 Å². The maximum absolute atomic E-state index is 13.1. The van der Waals surface area contributed by atoms with Gasteiger partial charge in [0.1, 0.15) is 12.7 Å². The first kappa shape index (κ1) is 22.1. The number of nitrogens with zero attached hydrogens (tertiary/aromatic N) is 7. The van der Waals surface area contributed by atoms with Gasteiger partial charge < -0.3 is 4.52 Å². The Morgan fingerprint density at radius 2 is 1.61 bits per heavy atom. The molecular formula is C19H11F6N7O. The molecule has 0 radical (unpaired) electrons. The highest BCUT2D eigenvalue weighted by Gasteiger charge is 2.37. The Morgan fingerprint density at radius 3 is 2.15 bits per heavy atom. The van der Waals surface area contributed by atoms with Crippen molar-refractivity contribution < 1.29 is 30.9 Å². The predicted octanol–water partition coefficient (Wildman–Crippen LogP) is 4.51. The van der Waals surface area contributed by atoms with E-state index in [1.165, 1.54) is 24.9 Å². The summed E-state index contributed by atoms with van der Waals surface area (Å²) in [6.45, 7) is 1.56. The fraction of sp³-hybridized carbons (Fsp3) is 0.158. The summed E-state index contributed by atoms with van der Waals surface area (Å²) in [6.07, 6.45) is -3.32. The van der Waals surface area contributed by atoms with E-state index in [1.807, 2.05) is 0 Å². The van der Waals surface area contributed by atoms with Crippen molar-refractivity contribution in [2.24, 2.45) is 0 Å². The summed E-state index contributed by atoms with van der Waals surface area (Å²) >= 11 is 0. The zero-order valence-corrected chi connectivity index (χ0v) is 16.4. The number of hydrogen-bond donors (Lipinski definition) is 0. The van der Waals surface area contributed by atoms with E-state index in [9.17, 15) is 26.3 Å². The molecule has 0 bridgehead atoms. The first-order valence-electron chi connectivity index (χ1n) is 8.99. The van der Waals surface area contributed by atoms with E-state index in [-0.39, 0.29) is 23.6 Å². The molecular weight excluding hydrogens is 456 g/mol. The molecule has 0 aliphatic rings. The molecule has 3 aromatic heterocycles. The van der Waals surface area contributed by atoms with E-state index in [0.717, 1.165) is 11.0 Å². The molecule has 0 aliphatic carbocycles. The minimum Gasteiger partial charge on any atom is -0.339 e. The maximum Gasteiger partial charge on any atom is 0.416 e. The van der Waals surface area contributed by atoms with Crippen LogP contribution in [0.4, 0.5) is 26.3 Å². The van der Waals surface area contributed by atoms with Crippen molar-refractivity contribution in [1.29, 1.82) is 0 Å². The van der Waals surface area contributed by atoms with Gasteiger partial charge in [0.2, 0.25) is 11.7 Å². The van der Waals surface area contributed by atoms with Crippen LogP contribution in [0.2, 0.25) is 0 Å². The fourth-order valence-electron chi connectivity index (χ4n) is 2.79. The molecule has 0 atom stereocenters. The van der Waals surface area contributed by atoms with Crippen LogP contribution in [-0.2, 0) is 12.4 Å². The molecule has 4 aromatic rings. The number of hydrogen-bond acceptors (Lipinski definition) is 7. The number of alkyl halides is 6. The Kier molecular flexibility index (Phi) is 5.43. The average molecular weight is 467 g/mol. The smallest absolute Gasteiger partial charge is 0.339 e. The number of aromatic nitrogens is 7. The molecule has 0 saturated heterocycles. The molecule has 1 aromatic carbocycles. The minimum absolute atomic E-state index is 0.0342. The maximum atomic E-state index is 13.1. The molecule has 3 heterocycles. The fourth-order valence-corrected chi connectivity index (χ4v) is 2.79. The van der Waals surface area contributed by atoms with E-state index < -0.39 is 29.0 Å². The average Bonchev–Trinajstić information content (AvgIpc) is 3.40. The van der Waals surface area contributed by atoms with E-state index in [2.05, 4.69) is 30.2 Å². The van der Waals surface area contributed by atoms with E-state index in [4.69, 9.17) is 4.52 Å². The molecule has 33 heavy (non-hydrogen) atoms. The Morgan fingerprint density at radius 1 is 0.970 bits per heavy atom. The summed E-state index contributed by atoms with van der Waals surface area (Å²) < 4.78 is 85.0. The van der Waals surface area contributed by atoms with Crippen molar-refractivity contribution in [2.45, 2.75) is 19.3 Å². The summed E-state index contributed by atoms with van der Waals surface area (Å²) in [5.74, 6) is 0.0456. The van der Waals surface area contributed by atoms with Crippen LogP contribution in [0.5, 0.6) is 0 Å². The van der Waals surface area contributed by atoms with Crippen molar-refractivity contribution in [3.63, 3.8) is 0 Å². The van der Waals surface area contributed by atoms with Crippen LogP contribution >= 0.6 is 0 Å². The van der Waals surface area contributed by atoms with Crippen molar-refractivity contribution in [2.75, 3.05) is 0 Å². The monoisotopic (exact) mass is 467 g/mol. The van der Waals surface area contributed by atoms with Gasteiger partial charge in [-0.1, -0.05) is 5.16 Å². The number of rotatable bonds is 4. The van der Waals surface area contributed by atoms with Crippen LogP contribution in [0.15, 0.2) is 47.8 Å². The molecule has 0 fully saturated rings. The van der Waals surface area contributed by atoms with Gasteiger partial charge in [-0.25, -0.2) is 19.6 Å². The first-order chi connectivity index (χ1) is 15.5. The largest absolute Gasteiger partial charge is 0.416 e. The summed E-state index contributed by atoms with van der Waals surface area (Å²) in [7, 11) is 0. The highest BCUT2D eigenvalue weighted by Crippen LogP contribution is 2.38. The highest BCUT2D eigenvalue weighted by atomic mass is 19.4. The second-order valence-corrected chi connectivity index (χ2v) is 6.65. The standard InChI is InChI=1S/C19H11F6N7O/c1-10-29-17(31-33-10)15(12-5-26-8-27-6-12)7-32-9-28-16(30-32)11-2-13(18(20,21)22)4-14(3-11)19(23,24)25/h2-9H,1H3/b15-7+. The predicted molar refractivity (Wildman–Crippen MR) is 99.8 cm³/mol. The molecule has 8 nitrogen and oxygen atoms in total. The van der Waals surface area contributed by atoms with Gasteiger partial charge in [-0.2, -0.15) is 31.3 Å². The molecule has 0 N–H and O–H groups in total. The van der Waals surface area contributed by atoms with Gasteiger partial charge in [0.15, 0.2) is 5.82 Å². The summed E-state index contributed by atoms with van der Waals surface area (Å²) in [6, 6.07) is 1.13. The Balaban J connectivity index is 1.79. The molecule has 170 valence electrons. The number of halogens is 6. The van der Waals surface area contributed by atoms with Crippen LogP contribution in [0.25, 0.3) is 23.2 Å². The lowest BCUT2D eigenvalue weighted by molar-refractivity contribution is -0.143. The summed E-state index contributed by atoms with van der Waals surface area (Å²) in [5, 5.41) is 7.80. The molecule has 4 rings (SSSR count). The van der Waals surface area contributed by atoms with E-state index in [1.54, 1.807) is 6.92 Å². The minimum atomic E-state index is -4.99. The zero-order chi connectivity index (χ0) is 23.8. The van der Waals surface area contributed by atoms with E-state index in [0.29, 0.717) is 23.3 Å². The van der Waals surface area contributed by atoms with Crippen LogP contribution in [0, 0.1) is 6.92 Å². The molecule has 14 heteroatoms. The summed E-state index contributed by atoms with van der Waals surface area (Å²) in [4.78, 5) is 15.8. The normalized spacial score (nSPS) is 12.9. The quantitative estimate of drug-likeness (QED) is 0.408. The zero-order valence-electron chi connectivity index (χ0n) is 16.4. The number of benzene rings is 1. The van der Waals surface area contributed by atoms with Crippen molar-refractivity contribution in [3.8, 4) is 11.4 Å². The van der Waals surface area contributed by atoms with Gasteiger partial charge in [0, 0.05) is 36.6 Å². The molecule has 0 saturated carbocycles.